The van der Waals surface area contributed by atoms with Gasteiger partial charge in [-0.3, -0.25) is 0 Å². The average Bonchev–Trinajstić information content (AvgIpc) is 2.42. The number of hydrogen-bond donors (Lipinski definition) is 1. The van der Waals surface area contributed by atoms with Crippen LogP contribution in [0.4, 0.5) is 0 Å². The Morgan fingerprint density at radius 2 is 2.14 bits per heavy atom. The van der Waals surface area contributed by atoms with Crippen LogP contribution in [-0.4, -0.2) is 30.6 Å². The molecule has 0 aromatic rings. The predicted molar refractivity (Wildman–Crippen MR) is 62.3 cm³/mol. The second-order valence-corrected chi connectivity index (χ2v) is 5.18. The molecule has 1 rings (SSSR count). The third-order valence-corrected chi connectivity index (χ3v) is 3.36. The van der Waals surface area contributed by atoms with Gasteiger partial charge in [-0.2, -0.15) is 0 Å². The van der Waals surface area contributed by atoms with Crippen molar-refractivity contribution in [2.75, 3.05) is 19.6 Å². The summed E-state index contributed by atoms with van der Waals surface area (Å²) in [5, 5.41) is 0. The molecule has 2 nitrogen and oxygen atoms in total. The first-order valence-electron chi connectivity index (χ1n) is 6.07. The molecule has 0 radical (unpaired) electrons. The molecule has 0 saturated carbocycles. The summed E-state index contributed by atoms with van der Waals surface area (Å²) in [6.45, 7) is 10.5. The summed E-state index contributed by atoms with van der Waals surface area (Å²) in [5.74, 6) is 1.71. The van der Waals surface area contributed by atoms with Crippen molar-refractivity contribution in [3.05, 3.63) is 0 Å². The van der Waals surface area contributed by atoms with Crippen LogP contribution in [0.5, 0.6) is 0 Å². The molecule has 0 aromatic heterocycles. The van der Waals surface area contributed by atoms with Crippen molar-refractivity contribution in [1.82, 2.24) is 4.90 Å². The molecule has 1 aliphatic rings. The standard InChI is InChI=1S/C12H26N2/c1-10(5-4-6-13)8-14-9-11(2)7-12(14)3/h10-12H,4-9,13H2,1-3H3. The van der Waals surface area contributed by atoms with Crippen molar-refractivity contribution in [3.8, 4) is 0 Å². The van der Waals surface area contributed by atoms with E-state index in [-0.39, 0.29) is 0 Å². The van der Waals surface area contributed by atoms with Gasteiger partial charge in [0, 0.05) is 19.1 Å². The summed E-state index contributed by atoms with van der Waals surface area (Å²) in [4.78, 5) is 2.64. The maximum absolute atomic E-state index is 5.52. The Balaban J connectivity index is 2.22. The topological polar surface area (TPSA) is 29.3 Å². The van der Waals surface area contributed by atoms with Gasteiger partial charge in [0.1, 0.15) is 0 Å². The van der Waals surface area contributed by atoms with Crippen molar-refractivity contribution < 1.29 is 0 Å². The molecule has 0 amide bonds. The van der Waals surface area contributed by atoms with E-state index in [0.717, 1.165) is 24.4 Å². The fourth-order valence-electron chi connectivity index (χ4n) is 2.60. The van der Waals surface area contributed by atoms with Crippen LogP contribution in [0.15, 0.2) is 0 Å². The zero-order valence-electron chi connectivity index (χ0n) is 10.00. The van der Waals surface area contributed by atoms with Crippen molar-refractivity contribution in [1.29, 1.82) is 0 Å². The lowest BCUT2D eigenvalue weighted by molar-refractivity contribution is 0.223. The monoisotopic (exact) mass is 198 g/mol. The lowest BCUT2D eigenvalue weighted by Gasteiger charge is -2.24. The second-order valence-electron chi connectivity index (χ2n) is 5.18. The van der Waals surface area contributed by atoms with Gasteiger partial charge < -0.3 is 10.6 Å². The minimum atomic E-state index is 0.797. The average molecular weight is 198 g/mol. The minimum absolute atomic E-state index is 0.797. The maximum Gasteiger partial charge on any atom is 0.00701 e. The van der Waals surface area contributed by atoms with E-state index in [0.29, 0.717) is 0 Å². The molecule has 3 unspecified atom stereocenters. The lowest BCUT2D eigenvalue weighted by atomic mass is 10.0. The number of nitrogens with zero attached hydrogens (tertiary/aromatic N) is 1. The third kappa shape index (κ3) is 3.58. The van der Waals surface area contributed by atoms with Gasteiger partial charge >= 0.3 is 0 Å². The number of likely N-dealkylation sites (tertiary alicyclic amines) is 1. The first kappa shape index (κ1) is 12.0. The van der Waals surface area contributed by atoms with Gasteiger partial charge in [0.15, 0.2) is 0 Å². The Hall–Kier alpha value is -0.0800. The Morgan fingerprint density at radius 3 is 2.64 bits per heavy atom. The van der Waals surface area contributed by atoms with Gasteiger partial charge in [0.2, 0.25) is 0 Å². The molecule has 1 heterocycles. The second kappa shape index (κ2) is 5.72. The summed E-state index contributed by atoms with van der Waals surface area (Å²) in [5.41, 5.74) is 5.52. The molecule has 0 aromatic carbocycles. The van der Waals surface area contributed by atoms with Crippen LogP contribution < -0.4 is 5.73 Å². The van der Waals surface area contributed by atoms with E-state index in [4.69, 9.17) is 5.73 Å². The molecule has 1 saturated heterocycles. The Kier molecular flexibility index (Phi) is 4.90. The Bertz CT molecular complexity index is 158. The molecule has 14 heavy (non-hydrogen) atoms. The number of nitrogens with two attached hydrogens (primary N) is 1. The van der Waals surface area contributed by atoms with Gasteiger partial charge in [0.25, 0.3) is 0 Å². The highest BCUT2D eigenvalue weighted by Gasteiger charge is 2.26. The minimum Gasteiger partial charge on any atom is -0.330 e. The van der Waals surface area contributed by atoms with Crippen molar-refractivity contribution in [2.24, 2.45) is 17.6 Å². The molecule has 1 fully saturated rings. The first-order valence-corrected chi connectivity index (χ1v) is 6.07. The van der Waals surface area contributed by atoms with E-state index in [1.807, 2.05) is 0 Å². The van der Waals surface area contributed by atoms with Crippen LogP contribution in [0.2, 0.25) is 0 Å². The summed E-state index contributed by atoms with van der Waals surface area (Å²) in [6, 6.07) is 0.797. The van der Waals surface area contributed by atoms with Crippen molar-refractivity contribution in [2.45, 2.75) is 46.1 Å². The number of hydrogen-bond acceptors (Lipinski definition) is 2. The molecule has 0 aliphatic carbocycles. The van der Waals surface area contributed by atoms with E-state index >= 15 is 0 Å². The lowest BCUT2D eigenvalue weighted by Crippen LogP contribution is -2.31. The molecule has 1 aliphatic heterocycles. The molecule has 84 valence electrons. The van der Waals surface area contributed by atoms with Crippen LogP contribution in [0.25, 0.3) is 0 Å². The van der Waals surface area contributed by atoms with E-state index < -0.39 is 0 Å². The van der Waals surface area contributed by atoms with Crippen molar-refractivity contribution in [3.63, 3.8) is 0 Å². The summed E-state index contributed by atoms with van der Waals surface area (Å²) < 4.78 is 0. The number of rotatable bonds is 5. The zero-order valence-corrected chi connectivity index (χ0v) is 10.00. The van der Waals surface area contributed by atoms with Gasteiger partial charge in [0.05, 0.1) is 0 Å². The molecular weight excluding hydrogens is 172 g/mol. The maximum atomic E-state index is 5.52. The van der Waals surface area contributed by atoms with Gasteiger partial charge in [-0.15, -0.1) is 0 Å². The highest BCUT2D eigenvalue weighted by Crippen LogP contribution is 2.23. The summed E-state index contributed by atoms with van der Waals surface area (Å²) in [7, 11) is 0. The van der Waals surface area contributed by atoms with Gasteiger partial charge in [-0.1, -0.05) is 13.8 Å². The smallest absolute Gasteiger partial charge is 0.00701 e. The summed E-state index contributed by atoms with van der Waals surface area (Å²) >= 11 is 0. The molecule has 3 atom stereocenters. The van der Waals surface area contributed by atoms with Crippen LogP contribution in [0, 0.1) is 11.8 Å². The van der Waals surface area contributed by atoms with Crippen molar-refractivity contribution >= 4 is 0 Å². The van der Waals surface area contributed by atoms with Crippen LogP contribution >= 0.6 is 0 Å². The zero-order chi connectivity index (χ0) is 10.6. The fraction of sp³-hybridized carbons (Fsp3) is 1.00. The Morgan fingerprint density at radius 1 is 1.43 bits per heavy atom. The van der Waals surface area contributed by atoms with E-state index in [9.17, 15) is 0 Å². The highest BCUT2D eigenvalue weighted by atomic mass is 15.2. The van der Waals surface area contributed by atoms with E-state index in [1.165, 1.54) is 32.4 Å². The molecular formula is C12H26N2. The van der Waals surface area contributed by atoms with Crippen LogP contribution in [0.3, 0.4) is 0 Å². The van der Waals surface area contributed by atoms with E-state index in [1.54, 1.807) is 0 Å². The van der Waals surface area contributed by atoms with Crippen LogP contribution in [-0.2, 0) is 0 Å². The molecule has 0 bridgehead atoms. The first-order chi connectivity index (χ1) is 6.63. The molecule has 0 spiro atoms. The fourth-order valence-corrected chi connectivity index (χ4v) is 2.60. The van der Waals surface area contributed by atoms with E-state index in [2.05, 4.69) is 25.7 Å². The normalized spacial score (nSPS) is 30.9. The SMILES string of the molecule is CC(CCCN)CN1CC(C)CC1C. The highest BCUT2D eigenvalue weighted by molar-refractivity contribution is 4.80. The third-order valence-electron chi connectivity index (χ3n) is 3.36. The van der Waals surface area contributed by atoms with Crippen LogP contribution in [0.1, 0.15) is 40.0 Å². The predicted octanol–water partition coefficient (Wildman–Crippen LogP) is 2.09. The van der Waals surface area contributed by atoms with Gasteiger partial charge in [-0.25, -0.2) is 0 Å². The largest absolute Gasteiger partial charge is 0.330 e. The van der Waals surface area contributed by atoms with Gasteiger partial charge in [-0.05, 0) is 44.6 Å². The quantitative estimate of drug-likeness (QED) is 0.733. The molecule has 2 N–H and O–H groups in total. The summed E-state index contributed by atoms with van der Waals surface area (Å²) in [6.07, 6.45) is 3.84. The molecule has 2 heteroatoms. The Labute approximate surface area is 88.8 Å².